The molecule has 0 spiro atoms. The zero-order chi connectivity index (χ0) is 17.2. The minimum atomic E-state index is -0.317. The van der Waals surface area contributed by atoms with Crippen LogP contribution in [0.1, 0.15) is 15.9 Å². The van der Waals surface area contributed by atoms with Crippen LogP contribution in [-0.4, -0.2) is 5.97 Å². The van der Waals surface area contributed by atoms with Gasteiger partial charge >= 0.3 is 5.97 Å². The van der Waals surface area contributed by atoms with Crippen LogP contribution in [0.5, 0.6) is 0 Å². The molecule has 122 valence electrons. The third-order valence-corrected chi connectivity index (χ3v) is 4.51. The fourth-order valence-corrected chi connectivity index (χ4v) is 3.16. The number of halogens is 1. The van der Waals surface area contributed by atoms with Gasteiger partial charge < -0.3 is 4.74 Å². The summed E-state index contributed by atoms with van der Waals surface area (Å²) in [6.45, 7) is 0.216. The van der Waals surface area contributed by atoms with Crippen LogP contribution in [-0.2, 0) is 11.3 Å². The van der Waals surface area contributed by atoms with Crippen LogP contribution in [0.4, 0.5) is 0 Å². The lowest BCUT2D eigenvalue weighted by Crippen LogP contribution is -2.07. The maximum atomic E-state index is 12.9. The van der Waals surface area contributed by atoms with E-state index < -0.39 is 0 Å². The summed E-state index contributed by atoms with van der Waals surface area (Å²) in [5.74, 6) is -0.317. The Balaban J connectivity index is 1.75. The predicted octanol–water partition coefficient (Wildman–Crippen LogP) is 6.00. The Morgan fingerprint density at radius 1 is 0.800 bits per heavy atom. The lowest BCUT2D eigenvalue weighted by Gasteiger charge is -2.11. The van der Waals surface area contributed by atoms with E-state index in [1.165, 1.54) is 0 Å². The van der Waals surface area contributed by atoms with Gasteiger partial charge in [0.25, 0.3) is 0 Å². The van der Waals surface area contributed by atoms with Crippen molar-refractivity contribution in [3.05, 3.63) is 95.0 Å². The molecule has 0 heterocycles. The third kappa shape index (κ3) is 3.09. The number of rotatable bonds is 3. The summed E-state index contributed by atoms with van der Waals surface area (Å²) in [6.07, 6.45) is 0. The molecule has 0 aliphatic carbocycles. The molecule has 0 saturated heterocycles. The number of hydrogen-bond acceptors (Lipinski definition) is 2. The summed E-state index contributed by atoms with van der Waals surface area (Å²) in [5.41, 5.74) is 1.52. The van der Waals surface area contributed by atoms with Gasteiger partial charge in [-0.25, -0.2) is 4.79 Å². The maximum absolute atomic E-state index is 12.9. The van der Waals surface area contributed by atoms with Crippen molar-refractivity contribution in [1.29, 1.82) is 0 Å². The smallest absolute Gasteiger partial charge is 0.339 e. The first-order valence-corrected chi connectivity index (χ1v) is 8.42. The van der Waals surface area contributed by atoms with Gasteiger partial charge in [0.15, 0.2) is 0 Å². The van der Waals surface area contributed by atoms with Gasteiger partial charge in [-0.15, -0.1) is 0 Å². The molecule has 0 fully saturated rings. The van der Waals surface area contributed by atoms with Crippen molar-refractivity contribution in [2.75, 3.05) is 0 Å². The van der Waals surface area contributed by atoms with Crippen LogP contribution in [0.25, 0.3) is 21.5 Å². The van der Waals surface area contributed by atoms with Crippen LogP contribution in [0, 0.1) is 0 Å². The van der Waals surface area contributed by atoms with Crippen molar-refractivity contribution >= 4 is 39.1 Å². The Bertz CT molecular complexity index is 1010. The molecule has 4 aromatic carbocycles. The molecular weight excluding hydrogens is 332 g/mol. The molecule has 0 N–H and O–H groups in total. The lowest BCUT2D eigenvalue weighted by molar-refractivity contribution is 0.0477. The first kappa shape index (κ1) is 15.7. The first-order chi connectivity index (χ1) is 12.2. The molecule has 0 saturated carbocycles. The molecule has 0 aliphatic heterocycles. The lowest BCUT2D eigenvalue weighted by atomic mass is 9.97. The van der Waals surface area contributed by atoms with Crippen molar-refractivity contribution in [1.82, 2.24) is 0 Å². The first-order valence-electron chi connectivity index (χ1n) is 8.04. The fraction of sp³-hybridized carbons (Fsp3) is 0.0455. The third-order valence-electron chi connectivity index (χ3n) is 4.26. The monoisotopic (exact) mass is 346 g/mol. The average Bonchev–Trinajstić information content (AvgIpc) is 2.65. The molecule has 0 bridgehead atoms. The number of esters is 1. The van der Waals surface area contributed by atoms with Crippen LogP contribution in [0.2, 0.25) is 5.02 Å². The van der Waals surface area contributed by atoms with Crippen LogP contribution >= 0.6 is 11.6 Å². The van der Waals surface area contributed by atoms with E-state index in [4.69, 9.17) is 16.3 Å². The van der Waals surface area contributed by atoms with Gasteiger partial charge in [-0.1, -0.05) is 72.3 Å². The van der Waals surface area contributed by atoms with Gasteiger partial charge in [-0.2, -0.15) is 0 Å². The second-order valence-corrected chi connectivity index (χ2v) is 6.33. The van der Waals surface area contributed by atoms with Gasteiger partial charge in [0.05, 0.1) is 5.56 Å². The van der Waals surface area contributed by atoms with E-state index in [2.05, 4.69) is 6.07 Å². The molecule has 0 aliphatic rings. The van der Waals surface area contributed by atoms with E-state index in [0.29, 0.717) is 10.6 Å². The Kier molecular flexibility index (Phi) is 4.12. The van der Waals surface area contributed by atoms with Crippen LogP contribution in [0.15, 0.2) is 78.9 Å². The van der Waals surface area contributed by atoms with Gasteiger partial charge in [0.1, 0.15) is 6.61 Å². The highest BCUT2D eigenvalue weighted by molar-refractivity contribution is 6.30. The van der Waals surface area contributed by atoms with Crippen molar-refractivity contribution < 1.29 is 9.53 Å². The van der Waals surface area contributed by atoms with E-state index in [0.717, 1.165) is 27.1 Å². The van der Waals surface area contributed by atoms with Crippen molar-refractivity contribution in [3.63, 3.8) is 0 Å². The molecule has 4 rings (SSSR count). The SMILES string of the molecule is O=C(OCc1ccc(Cl)cc1)c1c2ccccc2cc2ccccc12. The Hall–Kier alpha value is -2.84. The van der Waals surface area contributed by atoms with E-state index in [1.54, 1.807) is 12.1 Å². The molecule has 2 nitrogen and oxygen atoms in total. The number of fused-ring (bicyclic) bond motifs is 2. The second-order valence-electron chi connectivity index (χ2n) is 5.90. The minimum absolute atomic E-state index is 0.216. The van der Waals surface area contributed by atoms with Gasteiger partial charge in [-0.3, -0.25) is 0 Å². The Labute approximate surface area is 150 Å². The van der Waals surface area contributed by atoms with Crippen molar-refractivity contribution in [3.8, 4) is 0 Å². The summed E-state index contributed by atoms with van der Waals surface area (Å²) >= 11 is 5.89. The number of carbonyl (C=O) groups excluding carboxylic acids is 1. The summed E-state index contributed by atoms with van der Waals surface area (Å²) in [7, 11) is 0. The zero-order valence-corrected chi connectivity index (χ0v) is 14.2. The van der Waals surface area contributed by atoms with E-state index in [9.17, 15) is 4.79 Å². The van der Waals surface area contributed by atoms with Gasteiger partial charge in [0.2, 0.25) is 0 Å². The summed E-state index contributed by atoms with van der Waals surface area (Å²) in [4.78, 5) is 12.9. The van der Waals surface area contributed by atoms with E-state index >= 15 is 0 Å². The molecule has 0 aromatic heterocycles. The standard InChI is InChI=1S/C22H15ClO2/c23-18-11-9-15(10-12-18)14-25-22(24)21-19-7-3-1-5-16(19)13-17-6-2-4-8-20(17)21/h1-13H,14H2. The highest BCUT2D eigenvalue weighted by Gasteiger charge is 2.16. The highest BCUT2D eigenvalue weighted by atomic mass is 35.5. The highest BCUT2D eigenvalue weighted by Crippen LogP contribution is 2.29. The predicted molar refractivity (Wildman–Crippen MR) is 102 cm³/mol. The van der Waals surface area contributed by atoms with Gasteiger partial charge in [-0.05, 0) is 45.3 Å². The maximum Gasteiger partial charge on any atom is 0.339 e. The van der Waals surface area contributed by atoms with Crippen LogP contribution < -0.4 is 0 Å². The quantitative estimate of drug-likeness (QED) is 0.336. The Morgan fingerprint density at radius 2 is 1.36 bits per heavy atom. The van der Waals surface area contributed by atoms with E-state index in [1.807, 2.05) is 60.7 Å². The normalized spacial score (nSPS) is 10.9. The van der Waals surface area contributed by atoms with Crippen molar-refractivity contribution in [2.45, 2.75) is 6.61 Å². The largest absolute Gasteiger partial charge is 0.457 e. The van der Waals surface area contributed by atoms with E-state index in [-0.39, 0.29) is 12.6 Å². The number of carbonyl (C=O) groups is 1. The molecule has 4 aromatic rings. The molecule has 0 radical (unpaired) electrons. The van der Waals surface area contributed by atoms with Crippen LogP contribution in [0.3, 0.4) is 0 Å². The molecule has 0 amide bonds. The molecule has 3 heteroatoms. The molecule has 0 atom stereocenters. The molecular formula is C22H15ClO2. The van der Waals surface area contributed by atoms with Crippen molar-refractivity contribution in [2.24, 2.45) is 0 Å². The second kappa shape index (κ2) is 6.58. The molecule has 0 unspecified atom stereocenters. The number of ether oxygens (including phenoxy) is 1. The van der Waals surface area contributed by atoms with Gasteiger partial charge in [0, 0.05) is 5.02 Å². The average molecular weight is 347 g/mol. The zero-order valence-electron chi connectivity index (χ0n) is 13.4. The molecule has 25 heavy (non-hydrogen) atoms. The number of hydrogen-bond donors (Lipinski definition) is 0. The summed E-state index contributed by atoms with van der Waals surface area (Å²) in [5, 5.41) is 4.53. The fourth-order valence-electron chi connectivity index (χ4n) is 3.04. The minimum Gasteiger partial charge on any atom is -0.457 e. The number of benzene rings is 4. The summed E-state index contributed by atoms with van der Waals surface area (Å²) < 4.78 is 5.59. The summed E-state index contributed by atoms with van der Waals surface area (Å²) in [6, 6.07) is 25.2. The Morgan fingerprint density at radius 3 is 1.96 bits per heavy atom. The topological polar surface area (TPSA) is 26.3 Å².